The van der Waals surface area contributed by atoms with Crippen molar-refractivity contribution in [3.05, 3.63) is 29.8 Å². The van der Waals surface area contributed by atoms with Crippen LogP contribution in [0.25, 0.3) is 0 Å². The molecule has 0 aliphatic heterocycles. The van der Waals surface area contributed by atoms with E-state index in [1.54, 1.807) is 19.1 Å². The number of hydrogen-bond donors (Lipinski definition) is 8. The second-order valence-corrected chi connectivity index (χ2v) is 8.93. The molecule has 0 heterocycles. The number of nitrogens with two attached hydrogens (primary N) is 3. The number of aromatic hydroxyl groups is 1. The first-order valence-corrected chi connectivity index (χ1v) is 12.1. The Kier molecular flexibility index (Phi) is 12.9. The van der Waals surface area contributed by atoms with Crippen molar-refractivity contribution in [2.45, 2.75) is 70.6 Å². The minimum absolute atomic E-state index is 0.0395. The SMILES string of the molecule is CCC(C)C(NC(=O)C(Cc1ccc(O)cc1)NC(=O)C(N)CCCN=C(N)N)C(=O)NC(C)C(=O)O. The lowest BCUT2D eigenvalue weighted by atomic mass is 9.96. The fourth-order valence-electron chi connectivity index (χ4n) is 3.33. The molecule has 0 spiro atoms. The number of guanidine groups is 1. The van der Waals surface area contributed by atoms with E-state index < -0.39 is 47.9 Å². The summed E-state index contributed by atoms with van der Waals surface area (Å²) in [6.45, 7) is 5.18. The molecule has 1 rings (SSSR count). The van der Waals surface area contributed by atoms with Crippen LogP contribution in [0.2, 0.25) is 0 Å². The molecule has 0 radical (unpaired) electrons. The second kappa shape index (κ2) is 15.3. The van der Waals surface area contributed by atoms with Crippen LogP contribution in [0, 0.1) is 5.92 Å². The largest absolute Gasteiger partial charge is 0.508 e. The Morgan fingerprint density at radius 1 is 0.973 bits per heavy atom. The van der Waals surface area contributed by atoms with Crippen molar-refractivity contribution in [3.8, 4) is 5.75 Å². The molecule has 0 fully saturated rings. The molecule has 1 aromatic carbocycles. The average molecular weight is 522 g/mol. The molecule has 13 nitrogen and oxygen atoms in total. The molecule has 1 aromatic rings. The zero-order valence-electron chi connectivity index (χ0n) is 21.4. The van der Waals surface area contributed by atoms with Gasteiger partial charge in [0.05, 0.1) is 6.04 Å². The van der Waals surface area contributed by atoms with Gasteiger partial charge in [0.1, 0.15) is 23.9 Å². The minimum atomic E-state index is -1.21. The van der Waals surface area contributed by atoms with Crippen molar-refractivity contribution in [1.29, 1.82) is 0 Å². The molecule has 5 unspecified atom stereocenters. The molecule has 11 N–H and O–H groups in total. The van der Waals surface area contributed by atoms with Gasteiger partial charge in [0.15, 0.2) is 5.96 Å². The summed E-state index contributed by atoms with van der Waals surface area (Å²) >= 11 is 0. The van der Waals surface area contributed by atoms with E-state index in [9.17, 15) is 24.3 Å². The number of phenolic OH excluding ortho intramolecular Hbond substituents is 1. The zero-order chi connectivity index (χ0) is 28.1. The quantitative estimate of drug-likeness (QED) is 0.0794. The Morgan fingerprint density at radius 2 is 1.59 bits per heavy atom. The van der Waals surface area contributed by atoms with Crippen LogP contribution in [0.4, 0.5) is 0 Å². The predicted octanol–water partition coefficient (Wildman–Crippen LogP) is -1.08. The van der Waals surface area contributed by atoms with Gasteiger partial charge in [-0.1, -0.05) is 32.4 Å². The minimum Gasteiger partial charge on any atom is -0.508 e. The maximum atomic E-state index is 13.3. The van der Waals surface area contributed by atoms with Crippen molar-refractivity contribution in [1.82, 2.24) is 16.0 Å². The van der Waals surface area contributed by atoms with Gasteiger partial charge in [0.2, 0.25) is 17.7 Å². The van der Waals surface area contributed by atoms with Crippen LogP contribution in [-0.2, 0) is 25.6 Å². The van der Waals surface area contributed by atoms with Gasteiger partial charge in [0.25, 0.3) is 0 Å². The van der Waals surface area contributed by atoms with Gasteiger partial charge in [0, 0.05) is 13.0 Å². The molecule has 0 aliphatic rings. The lowest BCUT2D eigenvalue weighted by Gasteiger charge is -2.27. The molecular weight excluding hydrogens is 482 g/mol. The van der Waals surface area contributed by atoms with Gasteiger partial charge in [-0.25, -0.2) is 0 Å². The zero-order valence-corrected chi connectivity index (χ0v) is 21.4. The van der Waals surface area contributed by atoms with Crippen LogP contribution in [-0.4, -0.2) is 70.6 Å². The maximum Gasteiger partial charge on any atom is 0.325 e. The number of nitrogens with one attached hydrogen (secondary N) is 3. The van der Waals surface area contributed by atoms with Crippen LogP contribution in [0.3, 0.4) is 0 Å². The number of nitrogens with zero attached hydrogens (tertiary/aromatic N) is 1. The molecule has 0 aliphatic carbocycles. The summed E-state index contributed by atoms with van der Waals surface area (Å²) in [5, 5.41) is 26.3. The molecule has 3 amide bonds. The van der Waals surface area contributed by atoms with Gasteiger partial charge in [-0.2, -0.15) is 0 Å². The number of rotatable bonds is 15. The molecule has 206 valence electrons. The summed E-state index contributed by atoms with van der Waals surface area (Å²) in [5.74, 6) is -3.44. The first-order chi connectivity index (χ1) is 17.3. The number of carbonyl (C=O) groups is 4. The van der Waals surface area contributed by atoms with E-state index >= 15 is 0 Å². The molecule has 0 saturated heterocycles. The highest BCUT2D eigenvalue weighted by atomic mass is 16.4. The Balaban J connectivity index is 3.06. The van der Waals surface area contributed by atoms with E-state index in [0.29, 0.717) is 24.9 Å². The van der Waals surface area contributed by atoms with Crippen molar-refractivity contribution in [2.75, 3.05) is 6.54 Å². The first kappa shape index (κ1) is 31.2. The van der Waals surface area contributed by atoms with E-state index in [2.05, 4.69) is 20.9 Å². The summed E-state index contributed by atoms with van der Waals surface area (Å²) in [5.41, 5.74) is 17.2. The Labute approximate surface area is 216 Å². The van der Waals surface area contributed by atoms with Gasteiger partial charge >= 0.3 is 5.97 Å². The number of hydrogen-bond acceptors (Lipinski definition) is 7. The summed E-state index contributed by atoms with van der Waals surface area (Å²) in [4.78, 5) is 53.9. The van der Waals surface area contributed by atoms with Crippen molar-refractivity contribution < 1.29 is 29.4 Å². The van der Waals surface area contributed by atoms with Gasteiger partial charge < -0.3 is 43.4 Å². The molecule has 0 aromatic heterocycles. The van der Waals surface area contributed by atoms with Crippen LogP contribution in [0.5, 0.6) is 5.75 Å². The lowest BCUT2D eigenvalue weighted by Crippen LogP contribution is -2.58. The Hall–Kier alpha value is -3.87. The summed E-state index contributed by atoms with van der Waals surface area (Å²) < 4.78 is 0. The van der Waals surface area contributed by atoms with Gasteiger partial charge in [-0.15, -0.1) is 0 Å². The number of aliphatic carboxylic acids is 1. The normalized spacial score (nSPS) is 14.8. The number of phenols is 1. The number of carboxylic acid groups (broad SMARTS) is 1. The number of carboxylic acids is 1. The van der Waals surface area contributed by atoms with E-state index in [-0.39, 0.29) is 30.5 Å². The number of aliphatic imine (C=N–C) groups is 1. The van der Waals surface area contributed by atoms with E-state index in [1.165, 1.54) is 19.1 Å². The van der Waals surface area contributed by atoms with Crippen molar-refractivity contribution in [3.63, 3.8) is 0 Å². The van der Waals surface area contributed by atoms with E-state index in [4.69, 9.17) is 22.3 Å². The second-order valence-electron chi connectivity index (χ2n) is 8.93. The summed E-state index contributed by atoms with van der Waals surface area (Å²) in [6.07, 6.45) is 1.29. The molecule has 37 heavy (non-hydrogen) atoms. The molecule has 0 bridgehead atoms. The highest BCUT2D eigenvalue weighted by Gasteiger charge is 2.32. The fraction of sp³-hybridized carbons (Fsp3) is 0.542. The van der Waals surface area contributed by atoms with Gasteiger partial charge in [-0.05, 0) is 43.4 Å². The molecule has 13 heteroatoms. The van der Waals surface area contributed by atoms with E-state index in [1.807, 2.05) is 6.92 Å². The number of amides is 3. The smallest absolute Gasteiger partial charge is 0.325 e. The third-order valence-electron chi connectivity index (χ3n) is 5.84. The average Bonchev–Trinajstić information content (AvgIpc) is 2.84. The standard InChI is InChI=1S/C24H39N7O6/c1-4-13(2)19(22(35)29-14(3)23(36)37)31-21(34)18(12-15-7-9-16(32)10-8-15)30-20(33)17(25)6-5-11-28-24(26)27/h7-10,13-14,17-19,32H,4-6,11-12,25H2,1-3H3,(H,29,35)(H,30,33)(H,31,34)(H,36,37)(H4,26,27,28). The van der Waals surface area contributed by atoms with Crippen LogP contribution >= 0.6 is 0 Å². The third-order valence-corrected chi connectivity index (χ3v) is 5.84. The first-order valence-electron chi connectivity index (χ1n) is 12.1. The van der Waals surface area contributed by atoms with Crippen molar-refractivity contribution in [2.24, 2.45) is 28.1 Å². The maximum absolute atomic E-state index is 13.3. The van der Waals surface area contributed by atoms with Gasteiger partial charge in [-0.3, -0.25) is 24.2 Å². The van der Waals surface area contributed by atoms with Crippen molar-refractivity contribution >= 4 is 29.7 Å². The van der Waals surface area contributed by atoms with E-state index in [0.717, 1.165) is 0 Å². The molecule has 5 atom stereocenters. The Bertz CT molecular complexity index is 949. The predicted molar refractivity (Wildman–Crippen MR) is 138 cm³/mol. The fourth-order valence-corrected chi connectivity index (χ4v) is 3.33. The van der Waals surface area contributed by atoms with Crippen LogP contribution in [0.1, 0.15) is 45.6 Å². The Morgan fingerprint density at radius 3 is 2.14 bits per heavy atom. The number of benzene rings is 1. The molecular formula is C24H39N7O6. The number of carbonyl (C=O) groups excluding carboxylic acids is 3. The monoisotopic (exact) mass is 521 g/mol. The lowest BCUT2D eigenvalue weighted by molar-refractivity contribution is -0.142. The highest BCUT2D eigenvalue weighted by Crippen LogP contribution is 2.13. The summed E-state index contributed by atoms with van der Waals surface area (Å²) in [7, 11) is 0. The van der Waals surface area contributed by atoms with Crippen LogP contribution in [0.15, 0.2) is 29.3 Å². The van der Waals surface area contributed by atoms with Crippen LogP contribution < -0.4 is 33.2 Å². The highest BCUT2D eigenvalue weighted by molar-refractivity contribution is 5.94. The topological polar surface area (TPSA) is 235 Å². The molecule has 0 saturated carbocycles. The third kappa shape index (κ3) is 11.2. The summed E-state index contributed by atoms with van der Waals surface area (Å²) in [6, 6.07) is 1.88.